The van der Waals surface area contributed by atoms with Crippen LogP contribution in [0.15, 0.2) is 55.2 Å². The van der Waals surface area contributed by atoms with E-state index in [1.165, 1.54) is 6.33 Å². The topological polar surface area (TPSA) is 93.4 Å². The molecule has 0 atom stereocenters. The summed E-state index contributed by atoms with van der Waals surface area (Å²) in [6.07, 6.45) is 4.95. The summed E-state index contributed by atoms with van der Waals surface area (Å²) >= 11 is 0. The van der Waals surface area contributed by atoms with Crippen molar-refractivity contribution < 1.29 is 0 Å². The number of fused-ring (bicyclic) bond motifs is 1. The molecule has 0 radical (unpaired) electrons. The Balaban J connectivity index is 1.71. The molecule has 0 fully saturated rings. The maximum Gasteiger partial charge on any atom is 0.232 e. The Hall–Kier alpha value is -3.55. The third kappa shape index (κ3) is 3.69. The number of nitrogens with zero attached hydrogens (tertiary/aromatic N) is 6. The van der Waals surface area contributed by atoms with Crippen molar-refractivity contribution in [3.8, 4) is 0 Å². The van der Waals surface area contributed by atoms with Crippen molar-refractivity contribution in [2.75, 3.05) is 10.6 Å². The molecule has 0 aliphatic heterocycles. The SMILES string of the molecule is CC(C)n1cnc2c(NCc3ccccc3)nc(Nc3ccncn3)nc21. The van der Waals surface area contributed by atoms with E-state index in [2.05, 4.69) is 61.5 Å². The molecule has 136 valence electrons. The average Bonchev–Trinajstić information content (AvgIpc) is 3.12. The Bertz CT molecular complexity index is 1030. The van der Waals surface area contributed by atoms with E-state index in [9.17, 15) is 0 Å². The molecule has 4 rings (SSSR count). The minimum atomic E-state index is 0.235. The molecule has 3 aromatic heterocycles. The Labute approximate surface area is 156 Å². The summed E-state index contributed by atoms with van der Waals surface area (Å²) in [5.41, 5.74) is 2.68. The lowest BCUT2D eigenvalue weighted by Gasteiger charge is -2.12. The van der Waals surface area contributed by atoms with Gasteiger partial charge in [0.2, 0.25) is 5.95 Å². The molecule has 0 aliphatic rings. The highest BCUT2D eigenvalue weighted by atomic mass is 15.2. The number of hydrogen-bond donors (Lipinski definition) is 2. The van der Waals surface area contributed by atoms with Crippen LogP contribution in [0.25, 0.3) is 11.2 Å². The number of aromatic nitrogens is 6. The lowest BCUT2D eigenvalue weighted by molar-refractivity contribution is 0.613. The van der Waals surface area contributed by atoms with Gasteiger partial charge in [-0.05, 0) is 25.5 Å². The fourth-order valence-electron chi connectivity index (χ4n) is 2.73. The molecule has 0 saturated carbocycles. The van der Waals surface area contributed by atoms with Gasteiger partial charge >= 0.3 is 0 Å². The molecule has 1 aromatic carbocycles. The third-order valence-electron chi connectivity index (χ3n) is 4.10. The van der Waals surface area contributed by atoms with Gasteiger partial charge in [0.1, 0.15) is 12.1 Å². The van der Waals surface area contributed by atoms with E-state index in [0.29, 0.717) is 24.1 Å². The van der Waals surface area contributed by atoms with Crippen LogP contribution in [-0.4, -0.2) is 29.5 Å². The van der Waals surface area contributed by atoms with Crippen molar-refractivity contribution >= 4 is 28.7 Å². The van der Waals surface area contributed by atoms with Crippen LogP contribution in [0.3, 0.4) is 0 Å². The number of imidazole rings is 1. The molecule has 8 nitrogen and oxygen atoms in total. The third-order valence-corrected chi connectivity index (χ3v) is 4.10. The number of hydrogen-bond acceptors (Lipinski definition) is 7. The van der Waals surface area contributed by atoms with Crippen molar-refractivity contribution in [1.29, 1.82) is 0 Å². The zero-order chi connectivity index (χ0) is 18.6. The van der Waals surface area contributed by atoms with Crippen LogP contribution in [0.5, 0.6) is 0 Å². The van der Waals surface area contributed by atoms with Gasteiger partial charge in [0.25, 0.3) is 0 Å². The molecule has 8 heteroatoms. The quantitative estimate of drug-likeness (QED) is 0.543. The summed E-state index contributed by atoms with van der Waals surface area (Å²) in [5.74, 6) is 1.77. The van der Waals surface area contributed by atoms with E-state index < -0.39 is 0 Å². The van der Waals surface area contributed by atoms with Gasteiger partial charge in [0, 0.05) is 18.8 Å². The maximum atomic E-state index is 4.65. The second-order valence-electron chi connectivity index (χ2n) is 6.37. The van der Waals surface area contributed by atoms with Crippen molar-refractivity contribution in [2.45, 2.75) is 26.4 Å². The van der Waals surface area contributed by atoms with Crippen molar-refractivity contribution in [3.05, 3.63) is 60.8 Å². The number of nitrogens with one attached hydrogen (secondary N) is 2. The molecule has 0 spiro atoms. The second-order valence-corrected chi connectivity index (χ2v) is 6.37. The Morgan fingerprint density at radius 3 is 2.63 bits per heavy atom. The molecule has 2 N–H and O–H groups in total. The molecular formula is C19H20N8. The van der Waals surface area contributed by atoms with Crippen molar-refractivity contribution in [3.63, 3.8) is 0 Å². The van der Waals surface area contributed by atoms with E-state index in [-0.39, 0.29) is 6.04 Å². The summed E-state index contributed by atoms with van der Waals surface area (Å²) < 4.78 is 2.02. The van der Waals surface area contributed by atoms with Gasteiger partial charge in [-0.2, -0.15) is 9.97 Å². The van der Waals surface area contributed by atoms with Crippen LogP contribution in [0, 0.1) is 0 Å². The summed E-state index contributed by atoms with van der Waals surface area (Å²) in [4.78, 5) is 21.9. The second kappa shape index (κ2) is 7.36. The zero-order valence-corrected chi connectivity index (χ0v) is 15.2. The summed E-state index contributed by atoms with van der Waals surface area (Å²) in [7, 11) is 0. The standard InChI is InChI=1S/C19H20N8/c1-13(2)27-12-23-16-17(21-10-14-6-4-3-5-7-14)25-19(26-18(16)27)24-15-8-9-20-11-22-15/h3-9,11-13H,10H2,1-2H3,(H2,20,21,22,24,25,26). The molecule has 27 heavy (non-hydrogen) atoms. The van der Waals surface area contributed by atoms with E-state index in [1.807, 2.05) is 22.8 Å². The maximum absolute atomic E-state index is 4.65. The first-order chi connectivity index (χ1) is 13.2. The van der Waals surface area contributed by atoms with E-state index in [0.717, 1.165) is 16.7 Å². The molecule has 0 bridgehead atoms. The average molecular weight is 360 g/mol. The van der Waals surface area contributed by atoms with Gasteiger partial charge < -0.3 is 15.2 Å². The zero-order valence-electron chi connectivity index (χ0n) is 15.2. The monoisotopic (exact) mass is 360 g/mol. The molecule has 0 aliphatic carbocycles. The highest BCUT2D eigenvalue weighted by molar-refractivity contribution is 5.84. The summed E-state index contributed by atoms with van der Waals surface area (Å²) in [6.45, 7) is 4.84. The fraction of sp³-hybridized carbons (Fsp3) is 0.211. The van der Waals surface area contributed by atoms with E-state index in [1.54, 1.807) is 18.6 Å². The first kappa shape index (κ1) is 16.9. The summed E-state index contributed by atoms with van der Waals surface area (Å²) in [6, 6.07) is 12.2. The van der Waals surface area contributed by atoms with Gasteiger partial charge in [-0.1, -0.05) is 30.3 Å². The van der Waals surface area contributed by atoms with Crippen LogP contribution in [0.1, 0.15) is 25.5 Å². The normalized spacial score (nSPS) is 11.1. The first-order valence-corrected chi connectivity index (χ1v) is 8.76. The smallest absolute Gasteiger partial charge is 0.232 e. The van der Waals surface area contributed by atoms with Gasteiger partial charge in [-0.25, -0.2) is 15.0 Å². The van der Waals surface area contributed by atoms with E-state index in [4.69, 9.17) is 0 Å². The van der Waals surface area contributed by atoms with Crippen LogP contribution >= 0.6 is 0 Å². The molecular weight excluding hydrogens is 340 g/mol. The molecule has 4 aromatic rings. The van der Waals surface area contributed by atoms with Crippen LogP contribution in [0.2, 0.25) is 0 Å². The lowest BCUT2D eigenvalue weighted by Crippen LogP contribution is -2.08. The van der Waals surface area contributed by atoms with Gasteiger partial charge in [0.15, 0.2) is 17.0 Å². The highest BCUT2D eigenvalue weighted by Crippen LogP contribution is 2.24. The Morgan fingerprint density at radius 1 is 1.04 bits per heavy atom. The molecule has 0 unspecified atom stereocenters. The van der Waals surface area contributed by atoms with Crippen molar-refractivity contribution in [1.82, 2.24) is 29.5 Å². The Kier molecular flexibility index (Phi) is 4.61. The fourth-order valence-corrected chi connectivity index (χ4v) is 2.73. The van der Waals surface area contributed by atoms with Gasteiger partial charge in [0.05, 0.1) is 6.33 Å². The number of benzene rings is 1. The number of anilines is 3. The highest BCUT2D eigenvalue weighted by Gasteiger charge is 2.15. The molecule has 0 saturated heterocycles. The van der Waals surface area contributed by atoms with Crippen LogP contribution < -0.4 is 10.6 Å². The molecule has 3 heterocycles. The number of rotatable bonds is 6. The minimum Gasteiger partial charge on any atom is -0.364 e. The largest absolute Gasteiger partial charge is 0.364 e. The van der Waals surface area contributed by atoms with Crippen LogP contribution in [0.4, 0.5) is 17.6 Å². The first-order valence-electron chi connectivity index (χ1n) is 8.76. The van der Waals surface area contributed by atoms with Gasteiger partial charge in [-0.15, -0.1) is 0 Å². The summed E-state index contributed by atoms with van der Waals surface area (Å²) in [5, 5.41) is 6.52. The van der Waals surface area contributed by atoms with E-state index >= 15 is 0 Å². The molecule has 0 amide bonds. The lowest BCUT2D eigenvalue weighted by atomic mass is 10.2. The predicted octanol–water partition coefficient (Wildman–Crippen LogP) is 3.55. The van der Waals surface area contributed by atoms with Crippen LogP contribution in [-0.2, 0) is 6.54 Å². The minimum absolute atomic E-state index is 0.235. The predicted molar refractivity (Wildman–Crippen MR) is 105 cm³/mol. The van der Waals surface area contributed by atoms with Gasteiger partial charge in [-0.3, -0.25) is 0 Å². The van der Waals surface area contributed by atoms with Crippen molar-refractivity contribution in [2.24, 2.45) is 0 Å². The Morgan fingerprint density at radius 2 is 1.89 bits per heavy atom.